The van der Waals surface area contributed by atoms with E-state index in [0.717, 1.165) is 5.56 Å². The number of hydrogen-bond acceptors (Lipinski definition) is 4. The van der Waals surface area contributed by atoms with Crippen LogP contribution in [0.2, 0.25) is 5.02 Å². The maximum Gasteiger partial charge on any atom is 0.408 e. The molecule has 2 unspecified atom stereocenters. The number of rotatable bonds is 6. The van der Waals surface area contributed by atoms with E-state index in [1.807, 2.05) is 18.2 Å². The molecule has 0 bridgehead atoms. The Morgan fingerprint density at radius 2 is 2.09 bits per heavy atom. The van der Waals surface area contributed by atoms with Crippen LogP contribution >= 0.6 is 11.6 Å². The maximum absolute atomic E-state index is 11.8. The van der Waals surface area contributed by atoms with Gasteiger partial charge in [0.2, 0.25) is 0 Å². The molecule has 0 radical (unpaired) electrons. The first kappa shape index (κ1) is 16.8. The van der Waals surface area contributed by atoms with Gasteiger partial charge in [0.25, 0.3) is 0 Å². The number of amides is 1. The summed E-state index contributed by atoms with van der Waals surface area (Å²) in [6.45, 7) is 1.67. The molecule has 1 heterocycles. The lowest BCUT2D eigenvalue weighted by Crippen LogP contribution is -2.46. The van der Waals surface area contributed by atoms with Crippen LogP contribution in [-0.2, 0) is 16.1 Å². The lowest BCUT2D eigenvalue weighted by molar-refractivity contribution is -0.140. The zero-order chi connectivity index (χ0) is 16.8. The van der Waals surface area contributed by atoms with Crippen molar-refractivity contribution in [3.05, 3.63) is 53.3 Å². The molecule has 0 aliphatic carbocycles. The first-order valence-corrected chi connectivity index (χ1v) is 7.25. The van der Waals surface area contributed by atoms with Gasteiger partial charge < -0.3 is 15.2 Å². The minimum Gasteiger partial charge on any atom is -0.480 e. The van der Waals surface area contributed by atoms with Gasteiger partial charge in [0, 0.05) is 6.20 Å². The predicted molar refractivity (Wildman–Crippen MR) is 83.1 cm³/mol. The summed E-state index contributed by atoms with van der Waals surface area (Å²) in [4.78, 5) is 23.2. The number of halogens is 1. The largest absolute Gasteiger partial charge is 0.480 e. The van der Waals surface area contributed by atoms with Gasteiger partial charge in [0.05, 0.1) is 17.3 Å². The zero-order valence-corrected chi connectivity index (χ0v) is 13.1. The highest BCUT2D eigenvalue weighted by molar-refractivity contribution is 6.30. The van der Waals surface area contributed by atoms with Crippen LogP contribution in [0.3, 0.4) is 0 Å². The Morgan fingerprint density at radius 3 is 2.65 bits per heavy atom. The van der Waals surface area contributed by atoms with Crippen molar-refractivity contribution in [1.29, 1.82) is 0 Å². The summed E-state index contributed by atoms with van der Waals surface area (Å²) in [5.74, 6) is -1.19. The number of carbonyl (C=O) groups excluding carboxylic acids is 1. The van der Waals surface area contributed by atoms with Crippen LogP contribution in [0.5, 0.6) is 0 Å². The minimum absolute atomic E-state index is 0.0565. The molecule has 122 valence electrons. The molecule has 1 aromatic heterocycles. The van der Waals surface area contributed by atoms with Gasteiger partial charge in [-0.2, -0.15) is 5.10 Å². The van der Waals surface area contributed by atoms with Gasteiger partial charge >= 0.3 is 12.1 Å². The van der Waals surface area contributed by atoms with Crippen molar-refractivity contribution < 1.29 is 19.4 Å². The second-order valence-electron chi connectivity index (χ2n) is 4.90. The van der Waals surface area contributed by atoms with E-state index in [1.165, 1.54) is 17.1 Å². The van der Waals surface area contributed by atoms with E-state index < -0.39 is 24.1 Å². The zero-order valence-electron chi connectivity index (χ0n) is 12.3. The van der Waals surface area contributed by atoms with E-state index in [-0.39, 0.29) is 6.61 Å². The maximum atomic E-state index is 11.8. The normalized spacial score (nSPS) is 13.1. The van der Waals surface area contributed by atoms with Crippen molar-refractivity contribution in [2.24, 2.45) is 0 Å². The molecule has 0 aliphatic heterocycles. The third-order valence-corrected chi connectivity index (χ3v) is 3.42. The summed E-state index contributed by atoms with van der Waals surface area (Å²) < 4.78 is 6.40. The molecular weight excluding hydrogens is 322 g/mol. The van der Waals surface area contributed by atoms with E-state index in [0.29, 0.717) is 5.02 Å². The Bertz CT molecular complexity index is 674. The summed E-state index contributed by atoms with van der Waals surface area (Å²) >= 11 is 5.77. The van der Waals surface area contributed by atoms with E-state index >= 15 is 0 Å². The summed E-state index contributed by atoms with van der Waals surface area (Å²) in [6, 6.07) is 7.26. The van der Waals surface area contributed by atoms with E-state index in [1.54, 1.807) is 19.1 Å². The number of carbonyl (C=O) groups is 2. The quantitative estimate of drug-likeness (QED) is 0.844. The molecule has 0 saturated heterocycles. The Morgan fingerprint density at radius 1 is 1.39 bits per heavy atom. The highest BCUT2D eigenvalue weighted by Gasteiger charge is 2.29. The van der Waals surface area contributed by atoms with E-state index in [2.05, 4.69) is 10.4 Å². The van der Waals surface area contributed by atoms with Gasteiger partial charge in [0.1, 0.15) is 6.61 Å². The number of carboxylic acid groups (broad SMARTS) is 1. The number of ether oxygens (including phenoxy) is 1. The van der Waals surface area contributed by atoms with E-state index in [4.69, 9.17) is 16.3 Å². The molecule has 0 spiro atoms. The fourth-order valence-electron chi connectivity index (χ4n) is 1.97. The van der Waals surface area contributed by atoms with Gasteiger partial charge in [-0.3, -0.25) is 4.68 Å². The Hall–Kier alpha value is -2.54. The first-order chi connectivity index (χ1) is 11.0. The summed E-state index contributed by atoms with van der Waals surface area (Å²) in [5.41, 5.74) is 0.807. The third-order valence-electron chi connectivity index (χ3n) is 3.22. The van der Waals surface area contributed by atoms with Crippen molar-refractivity contribution in [2.45, 2.75) is 25.6 Å². The smallest absolute Gasteiger partial charge is 0.408 e. The Balaban J connectivity index is 1.96. The second-order valence-corrected chi connectivity index (χ2v) is 5.34. The number of aliphatic carboxylic acids is 1. The monoisotopic (exact) mass is 337 g/mol. The highest BCUT2D eigenvalue weighted by atomic mass is 35.5. The number of nitrogens with one attached hydrogen (secondary N) is 1. The topological polar surface area (TPSA) is 93.5 Å². The van der Waals surface area contributed by atoms with Crippen LogP contribution in [0, 0.1) is 0 Å². The number of hydrogen-bond donors (Lipinski definition) is 2. The number of aromatic nitrogens is 2. The molecule has 1 amide bonds. The third kappa shape index (κ3) is 4.72. The Kier molecular flexibility index (Phi) is 5.59. The van der Waals surface area contributed by atoms with Gasteiger partial charge in [-0.25, -0.2) is 9.59 Å². The number of nitrogens with zero attached hydrogens (tertiary/aromatic N) is 2. The summed E-state index contributed by atoms with van der Waals surface area (Å²) in [5, 5.41) is 16.0. The van der Waals surface area contributed by atoms with Crippen LogP contribution in [-0.4, -0.2) is 33.0 Å². The Labute approximate surface area is 137 Å². The molecule has 1 aromatic carbocycles. The van der Waals surface area contributed by atoms with Crippen molar-refractivity contribution in [3.8, 4) is 0 Å². The van der Waals surface area contributed by atoms with Crippen molar-refractivity contribution in [2.75, 3.05) is 0 Å². The van der Waals surface area contributed by atoms with Crippen LogP contribution in [0.4, 0.5) is 4.79 Å². The first-order valence-electron chi connectivity index (χ1n) is 6.87. The average Bonchev–Trinajstić information content (AvgIpc) is 2.97. The molecule has 2 atom stereocenters. The summed E-state index contributed by atoms with van der Waals surface area (Å²) in [6.07, 6.45) is 2.07. The molecule has 2 aromatic rings. The average molecular weight is 338 g/mol. The molecular formula is C15H16ClN3O4. The van der Waals surface area contributed by atoms with Gasteiger partial charge in [-0.1, -0.05) is 41.9 Å². The van der Waals surface area contributed by atoms with Crippen molar-refractivity contribution >= 4 is 23.7 Å². The minimum atomic E-state index is -1.20. The molecule has 0 saturated carbocycles. The molecule has 0 fully saturated rings. The molecule has 23 heavy (non-hydrogen) atoms. The number of alkyl carbamates (subject to hydrolysis) is 1. The lowest BCUT2D eigenvalue weighted by atomic mass is 10.1. The van der Waals surface area contributed by atoms with Crippen LogP contribution < -0.4 is 5.32 Å². The van der Waals surface area contributed by atoms with Gasteiger partial charge in [-0.05, 0) is 12.5 Å². The summed E-state index contributed by atoms with van der Waals surface area (Å²) in [7, 11) is 0. The van der Waals surface area contributed by atoms with Gasteiger partial charge in [-0.15, -0.1) is 0 Å². The fourth-order valence-corrected chi connectivity index (χ4v) is 2.11. The highest BCUT2D eigenvalue weighted by Crippen LogP contribution is 2.15. The van der Waals surface area contributed by atoms with E-state index in [9.17, 15) is 14.7 Å². The molecule has 7 nitrogen and oxygen atoms in total. The molecule has 8 heteroatoms. The second kappa shape index (κ2) is 7.64. The SMILES string of the molecule is CC(C(NC(=O)OCc1ccccc1)C(=O)O)n1cc(Cl)cn1. The standard InChI is InChI=1S/C15H16ClN3O4/c1-10(19-8-12(16)7-17-19)13(14(20)21)18-15(22)23-9-11-5-3-2-4-6-11/h2-8,10,13H,9H2,1H3,(H,18,22)(H,20,21). The van der Waals surface area contributed by atoms with Crippen molar-refractivity contribution in [3.63, 3.8) is 0 Å². The lowest BCUT2D eigenvalue weighted by Gasteiger charge is -2.21. The van der Waals surface area contributed by atoms with Crippen LogP contribution in [0.1, 0.15) is 18.5 Å². The molecule has 0 aliphatic rings. The number of carboxylic acids is 1. The molecule has 2 rings (SSSR count). The fraction of sp³-hybridized carbons (Fsp3) is 0.267. The van der Waals surface area contributed by atoms with Crippen LogP contribution in [0.15, 0.2) is 42.7 Å². The predicted octanol–water partition coefficient (Wildman–Crippen LogP) is 2.48. The van der Waals surface area contributed by atoms with Crippen molar-refractivity contribution in [1.82, 2.24) is 15.1 Å². The van der Waals surface area contributed by atoms with Gasteiger partial charge in [0.15, 0.2) is 6.04 Å². The number of benzene rings is 1. The molecule has 2 N–H and O–H groups in total. The van der Waals surface area contributed by atoms with Crippen LogP contribution in [0.25, 0.3) is 0 Å².